The summed E-state index contributed by atoms with van der Waals surface area (Å²) in [6.07, 6.45) is 6.50. The number of aromatic nitrogens is 3. The van der Waals surface area contributed by atoms with Gasteiger partial charge in [-0.25, -0.2) is 4.98 Å². The van der Waals surface area contributed by atoms with Crippen LogP contribution in [0.15, 0.2) is 109 Å². The smallest absolute Gasteiger partial charge is 0.146 e. The average Bonchev–Trinajstić information content (AvgIpc) is 3.70. The van der Waals surface area contributed by atoms with E-state index >= 15 is 0 Å². The average molecular weight is 542 g/mol. The van der Waals surface area contributed by atoms with E-state index in [1.165, 1.54) is 75.0 Å². The van der Waals surface area contributed by atoms with Crippen LogP contribution in [0, 0.1) is 0 Å². The fourth-order valence-corrected chi connectivity index (χ4v) is 8.39. The molecule has 0 fully saturated rings. The van der Waals surface area contributed by atoms with Gasteiger partial charge in [0.05, 0.1) is 38.3 Å². The molecule has 9 aromatic rings. The Morgan fingerprint density at radius 2 is 1.37 bits per heavy atom. The molecule has 0 bridgehead atoms. The Bertz CT molecular complexity index is 2590. The normalized spacial score (nSPS) is 13.6. The van der Waals surface area contributed by atoms with E-state index in [4.69, 9.17) is 4.98 Å². The van der Waals surface area contributed by atoms with Crippen LogP contribution >= 0.6 is 11.3 Å². The standard InChI is InChI=1S/C37H23N3S/c1-2-13-26-22(10-1)27-20-28-23-11-3-6-16-30(23)39(32-18-9-14-25-24-12-4-8-19-35(24)41-36(25)32)33(28)21-34(27)40-31-17-7-5-15-29(31)38-37(26)40/h1-6,8-16,18-21H,7,17H2. The van der Waals surface area contributed by atoms with Crippen molar-refractivity contribution in [1.29, 1.82) is 0 Å². The van der Waals surface area contributed by atoms with Crippen LogP contribution in [0.5, 0.6) is 0 Å². The highest BCUT2D eigenvalue weighted by molar-refractivity contribution is 7.26. The van der Waals surface area contributed by atoms with Crippen LogP contribution in [0.2, 0.25) is 0 Å². The van der Waals surface area contributed by atoms with E-state index in [2.05, 4.69) is 124 Å². The molecule has 0 aliphatic heterocycles. The number of imidazole rings is 1. The molecular weight excluding hydrogens is 518 g/mol. The maximum atomic E-state index is 5.17. The number of aryl methyl sites for hydroxylation is 1. The molecule has 0 atom stereocenters. The summed E-state index contributed by atoms with van der Waals surface area (Å²) in [5.74, 6) is 0. The second kappa shape index (κ2) is 7.84. The molecule has 5 aromatic carbocycles. The zero-order valence-electron chi connectivity index (χ0n) is 22.1. The van der Waals surface area contributed by atoms with Gasteiger partial charge in [0.15, 0.2) is 0 Å². The lowest BCUT2D eigenvalue weighted by atomic mass is 10.0. The fraction of sp³-hybridized carbons (Fsp3) is 0.0541. The summed E-state index contributed by atoms with van der Waals surface area (Å²) < 4.78 is 7.59. The Morgan fingerprint density at radius 3 is 2.29 bits per heavy atom. The number of hydrogen-bond acceptors (Lipinski definition) is 2. The van der Waals surface area contributed by atoms with Crippen molar-refractivity contribution in [1.82, 2.24) is 14.0 Å². The number of fused-ring (bicyclic) bond motifs is 14. The lowest BCUT2D eigenvalue weighted by molar-refractivity contribution is 0.922. The molecule has 1 aliphatic rings. The van der Waals surface area contributed by atoms with Crippen molar-refractivity contribution in [2.45, 2.75) is 12.8 Å². The number of hydrogen-bond donors (Lipinski definition) is 0. The van der Waals surface area contributed by atoms with Gasteiger partial charge in [-0.1, -0.05) is 78.9 Å². The van der Waals surface area contributed by atoms with Gasteiger partial charge in [0.2, 0.25) is 0 Å². The first-order valence-corrected chi connectivity index (χ1v) is 15.0. The van der Waals surface area contributed by atoms with Gasteiger partial charge >= 0.3 is 0 Å². The zero-order chi connectivity index (χ0) is 26.7. The Labute approximate surface area is 239 Å². The quantitative estimate of drug-likeness (QED) is 0.190. The first-order chi connectivity index (χ1) is 20.3. The lowest BCUT2D eigenvalue weighted by Crippen LogP contribution is -2.00. The molecule has 0 radical (unpaired) electrons. The largest absolute Gasteiger partial charge is 0.308 e. The summed E-state index contributed by atoms with van der Waals surface area (Å²) in [5, 5.41) is 8.95. The second-order valence-corrected chi connectivity index (χ2v) is 12.1. The van der Waals surface area contributed by atoms with Crippen LogP contribution in [0.1, 0.15) is 17.8 Å². The molecule has 0 unspecified atom stereocenters. The van der Waals surface area contributed by atoms with Gasteiger partial charge in [-0.15, -0.1) is 11.3 Å². The van der Waals surface area contributed by atoms with Gasteiger partial charge in [-0.05, 0) is 54.6 Å². The van der Waals surface area contributed by atoms with Crippen LogP contribution in [0.4, 0.5) is 0 Å². The van der Waals surface area contributed by atoms with E-state index in [1.807, 2.05) is 11.3 Å². The van der Waals surface area contributed by atoms with Crippen LogP contribution in [0.25, 0.3) is 81.1 Å². The van der Waals surface area contributed by atoms with Gasteiger partial charge < -0.3 is 4.57 Å². The molecule has 192 valence electrons. The van der Waals surface area contributed by atoms with E-state index in [0.717, 1.165) is 24.2 Å². The molecule has 41 heavy (non-hydrogen) atoms. The van der Waals surface area contributed by atoms with Crippen LogP contribution in [-0.4, -0.2) is 14.0 Å². The van der Waals surface area contributed by atoms with Crippen molar-refractivity contribution < 1.29 is 0 Å². The van der Waals surface area contributed by atoms with E-state index in [-0.39, 0.29) is 0 Å². The van der Waals surface area contributed by atoms with Crippen molar-refractivity contribution in [2.24, 2.45) is 0 Å². The van der Waals surface area contributed by atoms with Crippen LogP contribution in [-0.2, 0) is 6.42 Å². The summed E-state index contributed by atoms with van der Waals surface area (Å²) in [5.41, 5.74) is 8.40. The molecule has 10 rings (SSSR count). The lowest BCUT2D eigenvalue weighted by Gasteiger charge is -2.14. The molecule has 1 aliphatic carbocycles. The molecule has 0 saturated carbocycles. The van der Waals surface area contributed by atoms with Gasteiger partial charge in [0.1, 0.15) is 5.65 Å². The number of thiophene rings is 1. The second-order valence-electron chi connectivity index (χ2n) is 11.1. The van der Waals surface area contributed by atoms with Crippen LogP contribution < -0.4 is 0 Å². The van der Waals surface area contributed by atoms with Crippen LogP contribution in [0.3, 0.4) is 0 Å². The molecule has 3 nitrogen and oxygen atoms in total. The van der Waals surface area contributed by atoms with Crippen molar-refractivity contribution >= 4 is 86.7 Å². The highest BCUT2D eigenvalue weighted by Gasteiger charge is 2.21. The van der Waals surface area contributed by atoms with E-state index < -0.39 is 0 Å². The van der Waals surface area contributed by atoms with Gasteiger partial charge in [-0.3, -0.25) is 4.40 Å². The van der Waals surface area contributed by atoms with Gasteiger partial charge in [-0.2, -0.15) is 0 Å². The van der Waals surface area contributed by atoms with Crippen molar-refractivity contribution in [3.05, 3.63) is 121 Å². The highest BCUT2D eigenvalue weighted by Crippen LogP contribution is 2.43. The molecule has 4 heterocycles. The highest BCUT2D eigenvalue weighted by atomic mass is 32.1. The Hall–Kier alpha value is -4.93. The number of pyridine rings is 1. The molecule has 0 spiro atoms. The minimum absolute atomic E-state index is 1.00. The number of rotatable bonds is 1. The molecule has 4 heteroatoms. The zero-order valence-corrected chi connectivity index (χ0v) is 23.0. The van der Waals surface area contributed by atoms with Gasteiger partial charge in [0.25, 0.3) is 0 Å². The van der Waals surface area contributed by atoms with Crippen molar-refractivity contribution in [2.75, 3.05) is 0 Å². The third-order valence-electron chi connectivity index (χ3n) is 8.94. The Balaban J connectivity index is 1.43. The molecule has 0 amide bonds. The number of para-hydroxylation sites is 1. The fourth-order valence-electron chi connectivity index (χ4n) is 7.19. The predicted molar refractivity (Wildman–Crippen MR) is 175 cm³/mol. The summed E-state index contributed by atoms with van der Waals surface area (Å²) >= 11 is 1.89. The topological polar surface area (TPSA) is 22.2 Å². The van der Waals surface area contributed by atoms with Crippen molar-refractivity contribution in [3.63, 3.8) is 0 Å². The van der Waals surface area contributed by atoms with E-state index in [0.29, 0.717) is 0 Å². The SMILES string of the molecule is C1=Cc2nc3c4ccccc4c4cc5c6ccccc6n(-c6cccc7c6sc6ccccc67)c5cc4n3c2CC1. The molecule has 0 N–H and O–H groups in total. The first kappa shape index (κ1) is 21.8. The summed E-state index contributed by atoms with van der Waals surface area (Å²) in [6, 6.07) is 38.0. The predicted octanol–water partition coefficient (Wildman–Crippen LogP) is 10.1. The minimum Gasteiger partial charge on any atom is -0.308 e. The number of benzene rings is 5. The molecule has 4 aromatic heterocycles. The first-order valence-electron chi connectivity index (χ1n) is 14.2. The Kier molecular flexibility index (Phi) is 4.17. The molecule has 0 saturated heterocycles. The maximum absolute atomic E-state index is 5.17. The summed E-state index contributed by atoms with van der Waals surface area (Å²) in [4.78, 5) is 5.17. The van der Waals surface area contributed by atoms with Gasteiger partial charge in [0, 0.05) is 37.0 Å². The third-order valence-corrected chi connectivity index (χ3v) is 10.1. The van der Waals surface area contributed by atoms with E-state index in [9.17, 15) is 0 Å². The maximum Gasteiger partial charge on any atom is 0.146 e. The monoisotopic (exact) mass is 541 g/mol. The number of allylic oxidation sites excluding steroid dienone is 1. The minimum atomic E-state index is 1.00. The molecular formula is C37H23N3S. The van der Waals surface area contributed by atoms with Crippen molar-refractivity contribution in [3.8, 4) is 5.69 Å². The summed E-state index contributed by atoms with van der Waals surface area (Å²) in [7, 11) is 0. The Morgan fingerprint density at radius 1 is 0.610 bits per heavy atom. The summed E-state index contributed by atoms with van der Waals surface area (Å²) in [6.45, 7) is 0. The van der Waals surface area contributed by atoms with E-state index in [1.54, 1.807) is 0 Å². The third kappa shape index (κ3) is 2.80. The number of nitrogens with zero attached hydrogens (tertiary/aromatic N) is 3.